The SMILES string of the molecule is CB(O)C[C@H](Cc1ccc(-c2cc(Cl)ccc2F)cc1)C[C@@H](N)C(=O)OCc1ccccc1. The van der Waals surface area contributed by atoms with Crippen molar-refractivity contribution in [1.29, 1.82) is 0 Å². The third-order valence-corrected chi connectivity index (χ3v) is 5.74. The quantitative estimate of drug-likeness (QED) is 0.310. The molecule has 0 radical (unpaired) electrons. The zero-order chi connectivity index (χ0) is 23.8. The molecule has 3 rings (SSSR count). The summed E-state index contributed by atoms with van der Waals surface area (Å²) in [5, 5.41) is 10.4. The van der Waals surface area contributed by atoms with Crippen LogP contribution in [0, 0.1) is 11.7 Å². The minimum Gasteiger partial charge on any atom is -0.460 e. The summed E-state index contributed by atoms with van der Waals surface area (Å²) in [5.41, 5.74) is 9.21. The van der Waals surface area contributed by atoms with Crippen molar-refractivity contribution in [3.63, 3.8) is 0 Å². The van der Waals surface area contributed by atoms with Crippen LogP contribution in [0.3, 0.4) is 0 Å². The molecule has 3 aromatic carbocycles. The lowest BCUT2D eigenvalue weighted by Gasteiger charge is -2.21. The van der Waals surface area contributed by atoms with E-state index in [9.17, 15) is 14.2 Å². The molecule has 0 heterocycles. The molecule has 0 aromatic heterocycles. The fraction of sp³-hybridized carbons (Fsp3) is 0.269. The van der Waals surface area contributed by atoms with E-state index in [1.54, 1.807) is 12.9 Å². The van der Waals surface area contributed by atoms with Gasteiger partial charge in [0, 0.05) is 10.6 Å². The average Bonchev–Trinajstić information content (AvgIpc) is 2.80. The summed E-state index contributed by atoms with van der Waals surface area (Å²) in [4.78, 5) is 12.4. The number of carbonyl (C=O) groups excluding carboxylic acids is 1. The number of esters is 1. The van der Waals surface area contributed by atoms with E-state index < -0.39 is 18.9 Å². The third-order valence-electron chi connectivity index (χ3n) is 5.51. The molecule has 0 fully saturated rings. The number of benzene rings is 3. The summed E-state index contributed by atoms with van der Waals surface area (Å²) in [6.07, 6.45) is 1.52. The van der Waals surface area contributed by atoms with Crippen LogP contribution in [0.4, 0.5) is 4.39 Å². The highest BCUT2D eigenvalue weighted by Gasteiger charge is 2.23. The van der Waals surface area contributed by atoms with Gasteiger partial charge in [-0.1, -0.05) is 73.0 Å². The monoisotopic (exact) mass is 467 g/mol. The topological polar surface area (TPSA) is 72.5 Å². The molecule has 0 spiro atoms. The first kappa shape index (κ1) is 25.0. The number of carbonyl (C=O) groups is 1. The van der Waals surface area contributed by atoms with Gasteiger partial charge in [0.25, 0.3) is 6.92 Å². The summed E-state index contributed by atoms with van der Waals surface area (Å²) in [6, 6.07) is 20.6. The minimum atomic E-state index is -0.780. The van der Waals surface area contributed by atoms with Gasteiger partial charge in [-0.3, -0.25) is 4.79 Å². The number of halogens is 2. The van der Waals surface area contributed by atoms with Gasteiger partial charge in [-0.05, 0) is 60.0 Å². The second-order valence-electron chi connectivity index (χ2n) is 8.41. The van der Waals surface area contributed by atoms with Crippen LogP contribution >= 0.6 is 11.6 Å². The van der Waals surface area contributed by atoms with Gasteiger partial charge in [-0.15, -0.1) is 0 Å². The summed E-state index contributed by atoms with van der Waals surface area (Å²) in [6.45, 7) is 1.37. The lowest BCUT2D eigenvalue weighted by Crippen LogP contribution is -2.35. The van der Waals surface area contributed by atoms with E-state index in [-0.39, 0.29) is 18.3 Å². The Balaban J connectivity index is 1.62. The van der Waals surface area contributed by atoms with Gasteiger partial charge in [0.05, 0.1) is 0 Å². The molecule has 0 saturated carbocycles. The number of hydrogen-bond acceptors (Lipinski definition) is 4. The molecule has 172 valence electrons. The minimum absolute atomic E-state index is 0.0157. The van der Waals surface area contributed by atoms with E-state index in [2.05, 4.69) is 0 Å². The van der Waals surface area contributed by atoms with Gasteiger partial charge in [0.1, 0.15) is 18.5 Å². The zero-order valence-electron chi connectivity index (χ0n) is 18.6. The van der Waals surface area contributed by atoms with Crippen molar-refractivity contribution in [2.75, 3.05) is 0 Å². The molecule has 2 atom stereocenters. The lowest BCUT2D eigenvalue weighted by atomic mass is 9.62. The lowest BCUT2D eigenvalue weighted by molar-refractivity contribution is -0.147. The summed E-state index contributed by atoms with van der Waals surface area (Å²) in [7, 11) is 0. The highest BCUT2D eigenvalue weighted by Crippen LogP contribution is 2.27. The Morgan fingerprint density at radius 1 is 1.09 bits per heavy atom. The molecular formula is C26H28BClFNO3. The Hall–Kier alpha value is -2.67. The summed E-state index contributed by atoms with van der Waals surface area (Å²) in [5.74, 6) is -0.807. The highest BCUT2D eigenvalue weighted by molar-refractivity contribution is 6.48. The normalized spacial score (nSPS) is 12.8. The van der Waals surface area contributed by atoms with Crippen LogP contribution < -0.4 is 5.73 Å². The van der Waals surface area contributed by atoms with E-state index in [1.165, 1.54) is 12.1 Å². The van der Waals surface area contributed by atoms with Gasteiger partial charge in [0.15, 0.2) is 0 Å². The summed E-state index contributed by atoms with van der Waals surface area (Å²) >= 11 is 6.01. The molecule has 3 N–H and O–H groups in total. The van der Waals surface area contributed by atoms with Crippen LogP contribution in [0.2, 0.25) is 18.2 Å². The molecule has 3 aromatic rings. The maximum absolute atomic E-state index is 14.2. The van der Waals surface area contributed by atoms with Crippen molar-refractivity contribution in [3.05, 3.63) is 94.8 Å². The second-order valence-corrected chi connectivity index (χ2v) is 8.85. The first-order valence-corrected chi connectivity index (χ1v) is 11.4. The molecule has 0 aliphatic carbocycles. The first-order valence-electron chi connectivity index (χ1n) is 11.0. The van der Waals surface area contributed by atoms with E-state index in [4.69, 9.17) is 22.1 Å². The fourth-order valence-corrected chi connectivity index (χ4v) is 4.08. The molecule has 0 bridgehead atoms. The smallest absolute Gasteiger partial charge is 0.323 e. The molecule has 0 unspecified atom stereocenters. The van der Waals surface area contributed by atoms with E-state index in [0.29, 0.717) is 29.7 Å². The van der Waals surface area contributed by atoms with Crippen LogP contribution in [0.25, 0.3) is 11.1 Å². The standard InChI is InChI=1S/C26H28BClFNO3/c1-27(32)16-20(14-25(30)26(31)33-17-19-5-3-2-4-6-19)13-18-7-9-21(10-8-18)23-15-22(28)11-12-24(23)29/h2-12,15,20,25,32H,13-14,16-17,30H2,1H3/t20-,25-/m1/s1. The van der Waals surface area contributed by atoms with E-state index in [0.717, 1.165) is 16.7 Å². The molecule has 0 saturated heterocycles. The number of nitrogens with two attached hydrogens (primary N) is 1. The van der Waals surface area contributed by atoms with Gasteiger partial charge in [-0.25, -0.2) is 4.39 Å². The highest BCUT2D eigenvalue weighted by atomic mass is 35.5. The van der Waals surface area contributed by atoms with Gasteiger partial charge in [-0.2, -0.15) is 0 Å². The molecule has 0 aliphatic rings. The van der Waals surface area contributed by atoms with Gasteiger partial charge < -0.3 is 15.5 Å². The van der Waals surface area contributed by atoms with Crippen molar-refractivity contribution in [1.82, 2.24) is 0 Å². The van der Waals surface area contributed by atoms with Crippen LogP contribution in [-0.4, -0.2) is 24.0 Å². The largest absolute Gasteiger partial charge is 0.460 e. The van der Waals surface area contributed by atoms with E-state index in [1.807, 2.05) is 54.6 Å². The third kappa shape index (κ3) is 7.71. The van der Waals surface area contributed by atoms with Crippen molar-refractivity contribution in [2.45, 2.75) is 38.6 Å². The fourth-order valence-electron chi connectivity index (χ4n) is 3.91. The number of ether oxygens (including phenoxy) is 1. The Kier molecular flexibility index (Phi) is 9.07. The maximum Gasteiger partial charge on any atom is 0.323 e. The molecule has 0 amide bonds. The Morgan fingerprint density at radius 3 is 2.45 bits per heavy atom. The van der Waals surface area contributed by atoms with Crippen molar-refractivity contribution < 1.29 is 18.9 Å². The first-order chi connectivity index (χ1) is 15.8. The second kappa shape index (κ2) is 12.0. The number of hydrogen-bond donors (Lipinski definition) is 2. The Labute approximate surface area is 199 Å². The molecule has 4 nitrogen and oxygen atoms in total. The van der Waals surface area contributed by atoms with Crippen molar-refractivity contribution in [2.24, 2.45) is 11.7 Å². The summed E-state index contributed by atoms with van der Waals surface area (Å²) < 4.78 is 19.5. The molecule has 33 heavy (non-hydrogen) atoms. The van der Waals surface area contributed by atoms with Crippen LogP contribution in [0.5, 0.6) is 0 Å². The Bertz CT molecular complexity index is 1050. The number of rotatable bonds is 10. The van der Waals surface area contributed by atoms with Crippen LogP contribution in [-0.2, 0) is 22.6 Å². The molecular weight excluding hydrogens is 440 g/mol. The van der Waals surface area contributed by atoms with Crippen molar-refractivity contribution in [3.8, 4) is 11.1 Å². The van der Waals surface area contributed by atoms with Crippen LogP contribution in [0.1, 0.15) is 17.5 Å². The van der Waals surface area contributed by atoms with E-state index >= 15 is 0 Å². The average molecular weight is 468 g/mol. The van der Waals surface area contributed by atoms with Gasteiger partial charge >= 0.3 is 5.97 Å². The van der Waals surface area contributed by atoms with Crippen molar-refractivity contribution >= 4 is 24.5 Å². The predicted octanol–water partition coefficient (Wildman–Crippen LogP) is 5.38. The Morgan fingerprint density at radius 2 is 1.79 bits per heavy atom. The predicted molar refractivity (Wildman–Crippen MR) is 132 cm³/mol. The molecule has 0 aliphatic heterocycles. The maximum atomic E-state index is 14.2. The van der Waals surface area contributed by atoms with Gasteiger partial charge in [0.2, 0.25) is 0 Å². The zero-order valence-corrected chi connectivity index (χ0v) is 19.3. The van der Waals surface area contributed by atoms with Crippen LogP contribution in [0.15, 0.2) is 72.8 Å². The molecule has 7 heteroatoms.